The molecular formula is C25H20ClN3O3. The van der Waals surface area contributed by atoms with E-state index in [2.05, 4.69) is 10.3 Å². The van der Waals surface area contributed by atoms with Crippen molar-refractivity contribution in [3.8, 4) is 0 Å². The number of pyridine rings is 2. The van der Waals surface area contributed by atoms with Gasteiger partial charge in [-0.3, -0.25) is 14.4 Å². The zero-order valence-electron chi connectivity index (χ0n) is 17.6. The van der Waals surface area contributed by atoms with Gasteiger partial charge in [-0.1, -0.05) is 29.3 Å². The Morgan fingerprint density at radius 2 is 1.66 bits per heavy atom. The maximum Gasteiger partial charge on any atom is 0.244 e. The first kappa shape index (κ1) is 21.5. The maximum absolute atomic E-state index is 13.1. The Morgan fingerprint density at radius 3 is 2.34 bits per heavy atom. The molecule has 1 N–H and O–H groups in total. The molecule has 160 valence electrons. The number of ketones is 1. The van der Waals surface area contributed by atoms with Crippen molar-refractivity contribution in [1.29, 1.82) is 0 Å². The van der Waals surface area contributed by atoms with Gasteiger partial charge in [-0.2, -0.15) is 0 Å². The Kier molecular flexibility index (Phi) is 5.88. The normalized spacial score (nSPS) is 10.8. The molecule has 2 aromatic carbocycles. The summed E-state index contributed by atoms with van der Waals surface area (Å²) in [6, 6.07) is 17.1. The fourth-order valence-corrected chi connectivity index (χ4v) is 3.52. The van der Waals surface area contributed by atoms with Gasteiger partial charge in [0, 0.05) is 28.2 Å². The fraction of sp³-hybridized carbons (Fsp3) is 0.120. The number of amides is 1. The van der Waals surface area contributed by atoms with Gasteiger partial charge in [0.1, 0.15) is 12.2 Å². The number of hydrogen-bond acceptors (Lipinski definition) is 4. The molecule has 0 fully saturated rings. The monoisotopic (exact) mass is 445 g/mol. The van der Waals surface area contributed by atoms with Gasteiger partial charge in [0.25, 0.3) is 0 Å². The van der Waals surface area contributed by atoms with Crippen LogP contribution in [0, 0.1) is 13.8 Å². The van der Waals surface area contributed by atoms with Gasteiger partial charge in [0.2, 0.25) is 11.3 Å². The van der Waals surface area contributed by atoms with Crippen LogP contribution in [0.3, 0.4) is 0 Å². The summed E-state index contributed by atoms with van der Waals surface area (Å²) in [5.74, 6) is -0.742. The lowest BCUT2D eigenvalue weighted by molar-refractivity contribution is -0.116. The van der Waals surface area contributed by atoms with Crippen molar-refractivity contribution in [2.24, 2.45) is 0 Å². The minimum Gasteiger partial charge on any atom is -0.325 e. The van der Waals surface area contributed by atoms with Crippen molar-refractivity contribution in [2.75, 3.05) is 5.32 Å². The number of nitrogens with zero attached hydrogens (tertiary/aromatic N) is 2. The molecule has 2 aromatic heterocycles. The molecule has 2 heterocycles. The number of rotatable bonds is 5. The van der Waals surface area contributed by atoms with E-state index in [-0.39, 0.29) is 23.4 Å². The van der Waals surface area contributed by atoms with Gasteiger partial charge in [0.15, 0.2) is 5.78 Å². The number of benzene rings is 2. The molecule has 0 aliphatic carbocycles. The van der Waals surface area contributed by atoms with E-state index in [0.29, 0.717) is 27.6 Å². The standard InChI is InChI=1S/C25H20ClN3O3/c1-15-3-10-19(11-4-15)28-22(30)14-29-13-21(23(31)17-6-8-18(26)9-7-17)24(32)20-12-5-16(2)27-25(20)29/h3-13H,14H2,1-2H3,(H,28,30). The van der Waals surface area contributed by atoms with E-state index in [9.17, 15) is 14.4 Å². The van der Waals surface area contributed by atoms with Gasteiger partial charge < -0.3 is 9.88 Å². The van der Waals surface area contributed by atoms with Gasteiger partial charge in [-0.15, -0.1) is 0 Å². The number of fused-ring (bicyclic) bond motifs is 1. The zero-order chi connectivity index (χ0) is 22.8. The average molecular weight is 446 g/mol. The SMILES string of the molecule is Cc1ccc(NC(=O)Cn2cc(C(=O)c3ccc(Cl)cc3)c(=O)c3ccc(C)nc32)cc1. The summed E-state index contributed by atoms with van der Waals surface area (Å²) in [4.78, 5) is 43.3. The zero-order valence-corrected chi connectivity index (χ0v) is 18.3. The second-order valence-corrected chi connectivity index (χ2v) is 8.01. The van der Waals surface area contributed by atoms with E-state index in [1.54, 1.807) is 43.3 Å². The summed E-state index contributed by atoms with van der Waals surface area (Å²) < 4.78 is 1.54. The van der Waals surface area contributed by atoms with Gasteiger partial charge in [-0.25, -0.2) is 4.98 Å². The molecule has 4 rings (SSSR count). The van der Waals surface area contributed by atoms with E-state index in [1.807, 2.05) is 31.2 Å². The van der Waals surface area contributed by atoms with Crippen molar-refractivity contribution < 1.29 is 9.59 Å². The number of aryl methyl sites for hydroxylation is 2. The van der Waals surface area contributed by atoms with Gasteiger partial charge in [-0.05, 0) is 62.4 Å². The number of hydrogen-bond donors (Lipinski definition) is 1. The quantitative estimate of drug-likeness (QED) is 0.457. The number of halogens is 1. The summed E-state index contributed by atoms with van der Waals surface area (Å²) in [6.45, 7) is 3.65. The van der Waals surface area contributed by atoms with Crippen molar-refractivity contribution >= 4 is 40.0 Å². The molecule has 32 heavy (non-hydrogen) atoms. The summed E-state index contributed by atoms with van der Waals surface area (Å²) in [5, 5.41) is 3.60. The molecule has 1 amide bonds. The number of aromatic nitrogens is 2. The molecule has 7 heteroatoms. The lowest BCUT2D eigenvalue weighted by atomic mass is 10.0. The summed E-state index contributed by atoms with van der Waals surface area (Å²) in [6.07, 6.45) is 1.41. The number of nitrogens with one attached hydrogen (secondary N) is 1. The molecule has 0 radical (unpaired) electrons. The summed E-state index contributed by atoms with van der Waals surface area (Å²) >= 11 is 5.91. The molecule has 0 bridgehead atoms. The van der Waals surface area contributed by atoms with E-state index in [0.717, 1.165) is 5.56 Å². The second kappa shape index (κ2) is 8.77. The predicted molar refractivity (Wildman–Crippen MR) is 125 cm³/mol. The minimum atomic E-state index is -0.443. The molecule has 0 aliphatic heterocycles. The Hall–Kier alpha value is -3.77. The van der Waals surface area contributed by atoms with Crippen LogP contribution in [-0.4, -0.2) is 21.2 Å². The van der Waals surface area contributed by atoms with E-state index in [4.69, 9.17) is 11.6 Å². The number of carbonyl (C=O) groups is 2. The largest absolute Gasteiger partial charge is 0.325 e. The maximum atomic E-state index is 13.1. The Balaban J connectivity index is 1.75. The first-order valence-electron chi connectivity index (χ1n) is 9.99. The lowest BCUT2D eigenvalue weighted by Crippen LogP contribution is -2.25. The van der Waals surface area contributed by atoms with Crippen molar-refractivity contribution in [3.63, 3.8) is 0 Å². The molecule has 0 aliphatic rings. The first-order chi connectivity index (χ1) is 15.3. The molecule has 0 saturated carbocycles. The Labute approximate surface area is 189 Å². The minimum absolute atomic E-state index is 0.0337. The van der Waals surface area contributed by atoms with E-state index in [1.165, 1.54) is 10.8 Å². The molecule has 0 atom stereocenters. The van der Waals surface area contributed by atoms with Crippen molar-refractivity contribution in [1.82, 2.24) is 9.55 Å². The van der Waals surface area contributed by atoms with Gasteiger partial charge in [0.05, 0.1) is 10.9 Å². The molecule has 0 saturated heterocycles. The van der Waals surface area contributed by atoms with E-state index < -0.39 is 11.2 Å². The van der Waals surface area contributed by atoms with Crippen LogP contribution in [0.5, 0.6) is 0 Å². The third-order valence-corrected chi connectivity index (χ3v) is 5.31. The number of carbonyl (C=O) groups excluding carboxylic acids is 2. The van der Waals surface area contributed by atoms with Crippen molar-refractivity contribution in [2.45, 2.75) is 20.4 Å². The second-order valence-electron chi connectivity index (χ2n) is 7.57. The lowest BCUT2D eigenvalue weighted by Gasteiger charge is -2.13. The third-order valence-electron chi connectivity index (χ3n) is 5.06. The number of anilines is 1. The third kappa shape index (κ3) is 4.45. The van der Waals surface area contributed by atoms with Crippen LogP contribution in [0.2, 0.25) is 5.02 Å². The van der Waals surface area contributed by atoms with Crippen molar-refractivity contribution in [3.05, 3.63) is 104 Å². The predicted octanol–water partition coefficient (Wildman–Crippen LogP) is 4.54. The molecular weight excluding hydrogens is 426 g/mol. The fourth-order valence-electron chi connectivity index (χ4n) is 3.39. The van der Waals surface area contributed by atoms with Crippen LogP contribution in [0.15, 0.2) is 71.7 Å². The highest BCUT2D eigenvalue weighted by molar-refractivity contribution is 6.30. The highest BCUT2D eigenvalue weighted by atomic mass is 35.5. The van der Waals surface area contributed by atoms with Crippen LogP contribution < -0.4 is 10.7 Å². The highest BCUT2D eigenvalue weighted by Crippen LogP contribution is 2.16. The first-order valence-corrected chi connectivity index (χ1v) is 10.4. The van der Waals surface area contributed by atoms with Crippen LogP contribution >= 0.6 is 11.6 Å². The van der Waals surface area contributed by atoms with E-state index >= 15 is 0 Å². The molecule has 0 spiro atoms. The molecule has 0 unspecified atom stereocenters. The topological polar surface area (TPSA) is 81.1 Å². The highest BCUT2D eigenvalue weighted by Gasteiger charge is 2.19. The molecule has 6 nitrogen and oxygen atoms in total. The van der Waals surface area contributed by atoms with Crippen LogP contribution in [0.4, 0.5) is 5.69 Å². The summed E-state index contributed by atoms with van der Waals surface area (Å²) in [5.41, 5.74) is 2.66. The Morgan fingerprint density at radius 1 is 0.969 bits per heavy atom. The summed E-state index contributed by atoms with van der Waals surface area (Å²) in [7, 11) is 0. The van der Waals surface area contributed by atoms with Crippen LogP contribution in [0.1, 0.15) is 27.2 Å². The molecule has 4 aromatic rings. The smallest absolute Gasteiger partial charge is 0.244 e. The van der Waals surface area contributed by atoms with Crippen LogP contribution in [0.25, 0.3) is 11.0 Å². The Bertz CT molecular complexity index is 1390. The average Bonchev–Trinajstić information content (AvgIpc) is 2.77. The van der Waals surface area contributed by atoms with Crippen LogP contribution in [-0.2, 0) is 11.3 Å². The van der Waals surface area contributed by atoms with Gasteiger partial charge >= 0.3 is 0 Å².